The molecule has 7 heteroatoms. The first kappa shape index (κ1) is 19.0. The molecule has 29 heavy (non-hydrogen) atoms. The first-order valence-corrected chi connectivity index (χ1v) is 9.33. The standard InChI is InChI=1S/C22H19FN4O2/c23-19-9-16(11-24)3-6-20(19)27-14-18(12-26-27)21(28)10-15-1-4-17(5-2-15)22-13-25-7-8-29-22/h1-6,9,12,14,22,25H,7-8,10,13H2/t22-/m1/s1. The van der Waals surface area contributed by atoms with Gasteiger partial charge in [0.1, 0.15) is 11.5 Å². The number of aromatic nitrogens is 2. The number of rotatable bonds is 5. The van der Waals surface area contributed by atoms with Crippen LogP contribution in [0.3, 0.4) is 0 Å². The number of carbonyl (C=O) groups is 1. The van der Waals surface area contributed by atoms with Crippen molar-refractivity contribution in [2.24, 2.45) is 0 Å². The van der Waals surface area contributed by atoms with Gasteiger partial charge in [0.15, 0.2) is 5.78 Å². The highest BCUT2D eigenvalue weighted by Gasteiger charge is 2.16. The summed E-state index contributed by atoms with van der Waals surface area (Å²) in [4.78, 5) is 12.6. The van der Waals surface area contributed by atoms with Gasteiger partial charge in [0.2, 0.25) is 0 Å². The van der Waals surface area contributed by atoms with Crippen molar-refractivity contribution < 1.29 is 13.9 Å². The number of Topliss-reactive ketones (excluding diaryl/α,β-unsaturated/α-hetero) is 1. The smallest absolute Gasteiger partial charge is 0.170 e. The van der Waals surface area contributed by atoms with Crippen LogP contribution in [0.1, 0.15) is 33.2 Å². The summed E-state index contributed by atoms with van der Waals surface area (Å²) in [7, 11) is 0. The number of hydrogen-bond donors (Lipinski definition) is 1. The van der Waals surface area contributed by atoms with Crippen LogP contribution in [0, 0.1) is 17.1 Å². The normalized spacial score (nSPS) is 16.3. The van der Waals surface area contributed by atoms with Gasteiger partial charge in [-0.25, -0.2) is 9.07 Å². The van der Waals surface area contributed by atoms with Crippen LogP contribution in [0.2, 0.25) is 0 Å². The number of halogens is 1. The molecule has 0 radical (unpaired) electrons. The van der Waals surface area contributed by atoms with Crippen LogP contribution in [-0.4, -0.2) is 35.3 Å². The summed E-state index contributed by atoms with van der Waals surface area (Å²) in [5.41, 5.74) is 2.79. The lowest BCUT2D eigenvalue weighted by atomic mass is 10.0. The molecule has 4 rings (SSSR count). The summed E-state index contributed by atoms with van der Waals surface area (Å²) in [6.07, 6.45) is 3.19. The van der Waals surface area contributed by atoms with Crippen molar-refractivity contribution in [1.82, 2.24) is 15.1 Å². The van der Waals surface area contributed by atoms with Crippen LogP contribution in [0.15, 0.2) is 54.9 Å². The molecular weight excluding hydrogens is 371 g/mol. The van der Waals surface area contributed by atoms with Crippen molar-refractivity contribution in [3.05, 3.63) is 82.9 Å². The lowest BCUT2D eigenvalue weighted by Gasteiger charge is -2.24. The predicted octanol–water partition coefficient (Wildman–Crippen LogP) is 2.97. The van der Waals surface area contributed by atoms with Crippen molar-refractivity contribution in [1.29, 1.82) is 5.26 Å². The number of benzene rings is 2. The van der Waals surface area contributed by atoms with Crippen LogP contribution >= 0.6 is 0 Å². The second kappa shape index (κ2) is 8.35. The average molecular weight is 390 g/mol. The minimum absolute atomic E-state index is 0.0362. The molecule has 1 fully saturated rings. The van der Waals surface area contributed by atoms with Crippen molar-refractivity contribution in [3.63, 3.8) is 0 Å². The number of nitrogens with zero attached hydrogens (tertiary/aromatic N) is 3. The molecule has 0 saturated carbocycles. The number of morpholine rings is 1. The summed E-state index contributed by atoms with van der Waals surface area (Å²) in [5.74, 6) is -0.671. The van der Waals surface area contributed by atoms with E-state index < -0.39 is 5.82 Å². The summed E-state index contributed by atoms with van der Waals surface area (Å²) >= 11 is 0. The molecule has 1 aliphatic heterocycles. The topological polar surface area (TPSA) is 79.9 Å². The molecule has 0 spiro atoms. The highest BCUT2D eigenvalue weighted by atomic mass is 19.1. The van der Waals surface area contributed by atoms with Gasteiger partial charge < -0.3 is 10.1 Å². The summed E-state index contributed by atoms with van der Waals surface area (Å²) in [5, 5.41) is 16.2. The highest BCUT2D eigenvalue weighted by molar-refractivity contribution is 5.97. The number of nitriles is 1. The average Bonchev–Trinajstić information content (AvgIpc) is 3.25. The van der Waals surface area contributed by atoms with Crippen molar-refractivity contribution >= 4 is 5.78 Å². The zero-order chi connectivity index (χ0) is 20.2. The lowest BCUT2D eigenvalue weighted by molar-refractivity contribution is 0.0277. The van der Waals surface area contributed by atoms with Crippen LogP contribution < -0.4 is 5.32 Å². The van der Waals surface area contributed by atoms with Gasteiger partial charge in [0, 0.05) is 25.7 Å². The summed E-state index contributed by atoms with van der Waals surface area (Å²) < 4.78 is 21.2. The first-order valence-electron chi connectivity index (χ1n) is 9.33. The van der Waals surface area contributed by atoms with Crippen molar-refractivity contribution in [2.75, 3.05) is 19.7 Å². The maximum absolute atomic E-state index is 14.2. The summed E-state index contributed by atoms with van der Waals surface area (Å²) in [6.45, 7) is 2.33. The van der Waals surface area contributed by atoms with E-state index in [9.17, 15) is 9.18 Å². The second-order valence-electron chi connectivity index (χ2n) is 6.86. The molecule has 1 aliphatic rings. The molecule has 1 aromatic heterocycles. The largest absolute Gasteiger partial charge is 0.371 e. The Morgan fingerprint density at radius 1 is 1.31 bits per heavy atom. The van der Waals surface area contributed by atoms with Crippen molar-refractivity contribution in [3.8, 4) is 11.8 Å². The molecule has 0 unspecified atom stereocenters. The van der Waals surface area contributed by atoms with E-state index in [1.807, 2.05) is 30.3 Å². The third-order valence-corrected chi connectivity index (χ3v) is 4.87. The van der Waals surface area contributed by atoms with Crippen LogP contribution in [-0.2, 0) is 11.2 Å². The van der Waals surface area contributed by atoms with Crippen molar-refractivity contribution in [2.45, 2.75) is 12.5 Å². The van der Waals surface area contributed by atoms with Gasteiger partial charge in [0.05, 0.1) is 36.1 Å². The molecule has 3 aromatic rings. The minimum Gasteiger partial charge on any atom is -0.371 e. The zero-order valence-corrected chi connectivity index (χ0v) is 15.6. The Labute approximate surface area is 167 Å². The molecule has 2 aromatic carbocycles. The first-order chi connectivity index (χ1) is 14.1. The van der Waals surface area contributed by atoms with E-state index in [0.29, 0.717) is 12.2 Å². The van der Waals surface area contributed by atoms with E-state index >= 15 is 0 Å². The van der Waals surface area contributed by atoms with Gasteiger partial charge in [-0.15, -0.1) is 0 Å². The van der Waals surface area contributed by atoms with E-state index in [4.69, 9.17) is 10.00 Å². The van der Waals surface area contributed by atoms with Gasteiger partial charge in [0.25, 0.3) is 0 Å². The molecule has 6 nitrogen and oxygen atoms in total. The number of ketones is 1. The fraction of sp³-hybridized carbons (Fsp3) is 0.227. The Kier molecular flexibility index (Phi) is 5.47. The molecule has 0 amide bonds. The number of ether oxygens (including phenoxy) is 1. The molecular formula is C22H19FN4O2. The van der Waals surface area contributed by atoms with Gasteiger partial charge in [-0.05, 0) is 29.3 Å². The highest BCUT2D eigenvalue weighted by Crippen LogP contribution is 2.20. The van der Waals surface area contributed by atoms with E-state index in [2.05, 4.69) is 10.4 Å². The second-order valence-corrected chi connectivity index (χ2v) is 6.86. The quantitative estimate of drug-likeness (QED) is 0.678. The Morgan fingerprint density at radius 3 is 2.83 bits per heavy atom. The van der Waals surface area contributed by atoms with E-state index in [-0.39, 0.29) is 29.6 Å². The predicted molar refractivity (Wildman–Crippen MR) is 104 cm³/mol. The number of carbonyl (C=O) groups excluding carboxylic acids is 1. The zero-order valence-electron chi connectivity index (χ0n) is 15.6. The van der Waals surface area contributed by atoms with Gasteiger partial charge >= 0.3 is 0 Å². The monoisotopic (exact) mass is 390 g/mol. The fourth-order valence-electron chi connectivity index (χ4n) is 3.28. The van der Waals surface area contributed by atoms with Crippen LogP contribution in [0.4, 0.5) is 4.39 Å². The molecule has 0 bridgehead atoms. The molecule has 2 heterocycles. The fourth-order valence-corrected chi connectivity index (χ4v) is 3.28. The lowest BCUT2D eigenvalue weighted by Crippen LogP contribution is -2.33. The molecule has 1 atom stereocenters. The van der Waals surface area contributed by atoms with Crippen LogP contribution in [0.5, 0.6) is 0 Å². The molecule has 0 aliphatic carbocycles. The van der Waals surface area contributed by atoms with Gasteiger partial charge in [-0.3, -0.25) is 4.79 Å². The third kappa shape index (κ3) is 4.24. The number of nitrogens with one attached hydrogen (secondary N) is 1. The molecule has 1 saturated heterocycles. The Morgan fingerprint density at radius 2 is 2.14 bits per heavy atom. The third-order valence-electron chi connectivity index (χ3n) is 4.87. The molecule has 146 valence electrons. The van der Waals surface area contributed by atoms with E-state index in [0.717, 1.165) is 30.3 Å². The van der Waals surface area contributed by atoms with Gasteiger partial charge in [-0.2, -0.15) is 10.4 Å². The molecule has 1 N–H and O–H groups in total. The van der Waals surface area contributed by atoms with E-state index in [1.54, 1.807) is 0 Å². The van der Waals surface area contributed by atoms with Crippen LogP contribution in [0.25, 0.3) is 5.69 Å². The van der Waals surface area contributed by atoms with Gasteiger partial charge in [-0.1, -0.05) is 24.3 Å². The maximum Gasteiger partial charge on any atom is 0.170 e. The Balaban J connectivity index is 1.45. The van der Waals surface area contributed by atoms with E-state index in [1.165, 1.54) is 29.2 Å². The Hall–Kier alpha value is -3.34. The maximum atomic E-state index is 14.2. The summed E-state index contributed by atoms with van der Waals surface area (Å²) in [6, 6.07) is 13.8. The Bertz CT molecular complexity index is 1060. The minimum atomic E-state index is -0.568. The SMILES string of the molecule is N#Cc1ccc(-n2cc(C(=O)Cc3ccc([C@H]4CNCCO4)cc3)cn2)c(F)c1. The number of hydrogen-bond acceptors (Lipinski definition) is 5.